The van der Waals surface area contributed by atoms with Gasteiger partial charge in [-0.2, -0.15) is 0 Å². The molecule has 24 heteroatoms. The van der Waals surface area contributed by atoms with Crippen molar-refractivity contribution in [3.05, 3.63) is 59.7 Å². The lowest BCUT2D eigenvalue weighted by Gasteiger charge is -2.27. The van der Waals surface area contributed by atoms with Crippen LogP contribution in [0.15, 0.2) is 48.5 Å². The van der Waals surface area contributed by atoms with E-state index in [4.69, 9.17) is 33.4 Å². The summed E-state index contributed by atoms with van der Waals surface area (Å²) in [5, 5.41) is 25.7. The molecule has 0 saturated heterocycles. The van der Waals surface area contributed by atoms with Gasteiger partial charge in [0.1, 0.15) is 36.8 Å². The number of nitrogens with two attached hydrogens (primary N) is 5. The molecule has 2 aromatic carbocycles. The summed E-state index contributed by atoms with van der Waals surface area (Å²) in [7, 11) is 0. The lowest BCUT2D eigenvalue weighted by molar-refractivity contribution is -0.135. The minimum atomic E-state index is -1.14. The molecule has 0 spiro atoms. The Bertz CT molecular complexity index is 2370. The topological polar surface area (TPSA) is 401 Å². The number of alkyl carbamates (subject to hydrolysis) is 1. The summed E-state index contributed by atoms with van der Waals surface area (Å²) in [4.78, 5) is 121. The van der Waals surface area contributed by atoms with Crippen LogP contribution in [0.2, 0.25) is 0 Å². The maximum atomic E-state index is 14.3. The highest BCUT2D eigenvalue weighted by atomic mass is 16.5. The van der Waals surface area contributed by atoms with Crippen LogP contribution in [0.1, 0.15) is 197 Å². The number of fused-ring (bicyclic) bond motifs is 3. The maximum absolute atomic E-state index is 14.3. The number of rotatable bonds is 51. The fourth-order valence-corrected chi connectivity index (χ4v) is 10.7. The molecule has 89 heavy (non-hydrogen) atoms. The summed E-state index contributed by atoms with van der Waals surface area (Å²) in [6.45, 7) is 5.72. The van der Waals surface area contributed by atoms with Gasteiger partial charge in [0.15, 0.2) is 0 Å². The Morgan fingerprint density at radius 2 is 0.708 bits per heavy atom. The third-order valence-corrected chi connectivity index (χ3v) is 15.8. The number of nitrogens with one attached hydrogen (secondary N) is 9. The molecule has 0 heterocycles. The zero-order chi connectivity index (χ0) is 64.9. The van der Waals surface area contributed by atoms with Crippen LogP contribution >= 0.6 is 0 Å². The lowest BCUT2D eigenvalue weighted by atomic mass is 9.98. The first-order valence-corrected chi connectivity index (χ1v) is 33.1. The molecule has 19 N–H and O–H groups in total. The first-order valence-electron chi connectivity index (χ1n) is 33.1. The van der Waals surface area contributed by atoms with Gasteiger partial charge < -0.3 is 81.3 Å². The number of carbonyl (C=O) groups is 9. The van der Waals surface area contributed by atoms with Gasteiger partial charge in [0.25, 0.3) is 0 Å². The van der Waals surface area contributed by atoms with Crippen molar-refractivity contribution in [2.45, 2.75) is 216 Å². The van der Waals surface area contributed by atoms with E-state index in [2.05, 4.69) is 72.1 Å². The zero-order valence-corrected chi connectivity index (χ0v) is 53.2. The van der Waals surface area contributed by atoms with E-state index >= 15 is 0 Å². The Balaban J connectivity index is 1.51. The van der Waals surface area contributed by atoms with Crippen LogP contribution in [-0.2, 0) is 43.1 Å². The van der Waals surface area contributed by atoms with Crippen molar-refractivity contribution in [2.75, 3.05) is 65.5 Å². The normalized spacial score (nSPS) is 13.3. The molecule has 0 saturated carbocycles. The van der Waals surface area contributed by atoms with Crippen LogP contribution < -0.4 is 76.5 Å². The van der Waals surface area contributed by atoms with Gasteiger partial charge in [0.05, 0.1) is 0 Å². The smallest absolute Gasteiger partial charge is 0.407 e. The van der Waals surface area contributed by atoms with Crippen molar-refractivity contribution < 1.29 is 47.9 Å². The van der Waals surface area contributed by atoms with E-state index in [1.54, 1.807) is 0 Å². The Morgan fingerprint density at radius 3 is 1.10 bits per heavy atom. The second-order valence-electron chi connectivity index (χ2n) is 23.1. The Kier molecular flexibility index (Phi) is 40.6. The van der Waals surface area contributed by atoms with Crippen LogP contribution in [0.4, 0.5) is 4.79 Å². The zero-order valence-electron chi connectivity index (χ0n) is 53.2. The number of benzene rings is 2. The Hall–Kier alpha value is -6.73. The van der Waals surface area contributed by atoms with E-state index in [0.717, 1.165) is 24.0 Å². The van der Waals surface area contributed by atoms with Crippen molar-refractivity contribution in [3.63, 3.8) is 0 Å². The van der Waals surface area contributed by atoms with Crippen molar-refractivity contribution in [3.8, 4) is 11.1 Å². The van der Waals surface area contributed by atoms with E-state index in [1.165, 1.54) is 11.1 Å². The van der Waals surface area contributed by atoms with Gasteiger partial charge in [-0.1, -0.05) is 67.8 Å². The predicted octanol–water partition coefficient (Wildman–Crippen LogP) is 3.64. The van der Waals surface area contributed by atoms with E-state index < -0.39 is 59.9 Å². The van der Waals surface area contributed by atoms with Crippen molar-refractivity contribution in [1.82, 2.24) is 47.9 Å². The number of hydrogen-bond acceptors (Lipinski definition) is 15. The van der Waals surface area contributed by atoms with Crippen LogP contribution in [0.3, 0.4) is 0 Å². The fraction of sp³-hybridized carbons (Fsp3) is 0.677. The van der Waals surface area contributed by atoms with Crippen LogP contribution in [0, 0.1) is 0 Å². The third-order valence-electron chi connectivity index (χ3n) is 15.8. The van der Waals surface area contributed by atoms with Gasteiger partial charge in [-0.25, -0.2) is 4.79 Å². The van der Waals surface area contributed by atoms with E-state index in [1.807, 2.05) is 31.2 Å². The molecular weight excluding hydrogens is 1140 g/mol. The van der Waals surface area contributed by atoms with Crippen LogP contribution in [-0.4, -0.2) is 149 Å². The third kappa shape index (κ3) is 31.5. The molecule has 3 rings (SSSR count). The van der Waals surface area contributed by atoms with Gasteiger partial charge in [-0.3, -0.25) is 38.4 Å². The largest absolute Gasteiger partial charge is 0.449 e. The van der Waals surface area contributed by atoms with E-state index in [-0.39, 0.29) is 68.3 Å². The monoisotopic (exact) mass is 1250 g/mol. The molecule has 0 aromatic heterocycles. The second kappa shape index (κ2) is 47.3. The number of carbonyl (C=O) groups excluding carboxylic acids is 9. The summed E-state index contributed by atoms with van der Waals surface area (Å²) < 4.78 is 5.62. The Morgan fingerprint density at radius 1 is 0.371 bits per heavy atom. The number of hydrogen-bond donors (Lipinski definition) is 14. The Labute approximate surface area is 528 Å². The first-order chi connectivity index (χ1) is 43.2. The van der Waals surface area contributed by atoms with Gasteiger partial charge in [0.2, 0.25) is 47.3 Å². The number of ether oxygens (including phenoxy) is 1. The quantitative estimate of drug-likeness (QED) is 0.0421. The van der Waals surface area contributed by atoms with E-state index in [9.17, 15) is 43.2 Å². The summed E-state index contributed by atoms with van der Waals surface area (Å²) in [6.07, 6.45) is 12.9. The molecule has 5 unspecified atom stereocenters. The average molecular weight is 1250 g/mol. The van der Waals surface area contributed by atoms with Gasteiger partial charge in [-0.15, -0.1) is 0 Å². The minimum Gasteiger partial charge on any atom is -0.449 e. The van der Waals surface area contributed by atoms with Crippen LogP contribution in [0.25, 0.3) is 11.1 Å². The van der Waals surface area contributed by atoms with E-state index in [0.29, 0.717) is 187 Å². The van der Waals surface area contributed by atoms with Gasteiger partial charge >= 0.3 is 6.09 Å². The lowest BCUT2D eigenvalue weighted by Crippen LogP contribution is -2.59. The molecule has 5 atom stereocenters. The highest BCUT2D eigenvalue weighted by molar-refractivity contribution is 5.96. The highest BCUT2D eigenvalue weighted by Gasteiger charge is 2.33. The maximum Gasteiger partial charge on any atom is 0.407 e. The van der Waals surface area contributed by atoms with Gasteiger partial charge in [-0.05, 0) is 197 Å². The van der Waals surface area contributed by atoms with Crippen molar-refractivity contribution in [2.24, 2.45) is 28.7 Å². The fourth-order valence-electron chi connectivity index (χ4n) is 10.7. The SMILES string of the molecule is CCNC(=O)CCCCCNC(=O)C(CCCCN)NC(=O)C(CCCCN)NC(=O)C(CCCCN)NC(=O)C(CCCCN)NC(=O)C(CCCCN)NC(=O)CCCCCNC(=O)CCCCCNC(=O)OCC1c2ccccc2-c2ccccc21. The first kappa shape index (κ1) is 76.5. The molecule has 0 aliphatic heterocycles. The van der Waals surface area contributed by atoms with Crippen molar-refractivity contribution in [1.29, 1.82) is 0 Å². The number of unbranched alkanes of at least 4 members (excludes halogenated alkanes) is 11. The predicted molar refractivity (Wildman–Crippen MR) is 347 cm³/mol. The molecule has 500 valence electrons. The average Bonchev–Trinajstić information content (AvgIpc) is 2.23. The standard InChI is InChI=1S/C65H110N14O10/c1-2-71-57(80)35-6-3-24-44-73-60(83)52(30-13-18-38-66)76-62(85)54(32-15-20-40-68)78-64(87)56(34-17-22-42-70)79-63(86)55(33-16-21-41-69)77-61(84)53(31-14-19-39-67)75-59(82)37-8-5-23-43-72-58(81)36-7-4-25-45-74-65(88)89-46-51-49-28-11-9-26-47(49)48-27-10-12-29-50(48)51/h9-12,26-29,51-56H,2-8,13-25,30-46,66-70H2,1H3,(H,71,80)(H,72,81)(H,73,83)(H,74,88)(H,75,82)(H,76,85)(H,77,84)(H,78,87)(H,79,86). The molecule has 9 amide bonds. The summed E-state index contributed by atoms with van der Waals surface area (Å²) in [5.41, 5.74) is 33.7. The minimum absolute atomic E-state index is 0.0142. The molecular formula is C65H110N14O10. The molecule has 0 bridgehead atoms. The van der Waals surface area contributed by atoms with Crippen molar-refractivity contribution >= 4 is 53.4 Å². The molecule has 1 aliphatic rings. The molecule has 1 aliphatic carbocycles. The molecule has 24 nitrogen and oxygen atoms in total. The number of amides is 9. The second-order valence-corrected chi connectivity index (χ2v) is 23.1. The summed E-state index contributed by atoms with van der Waals surface area (Å²) in [6, 6.07) is 11.1. The summed E-state index contributed by atoms with van der Waals surface area (Å²) >= 11 is 0. The highest BCUT2D eigenvalue weighted by Crippen LogP contribution is 2.44. The molecule has 2 aromatic rings. The van der Waals surface area contributed by atoms with Gasteiger partial charge in [0, 0.05) is 51.4 Å². The summed E-state index contributed by atoms with van der Waals surface area (Å²) in [5.74, 6) is -3.23. The molecule has 0 radical (unpaired) electrons. The van der Waals surface area contributed by atoms with Crippen LogP contribution in [0.5, 0.6) is 0 Å². The molecule has 0 fully saturated rings.